The van der Waals surface area contributed by atoms with Gasteiger partial charge in [-0.1, -0.05) is 36.4 Å². The number of fused-ring (bicyclic) bond motifs is 1. The third kappa shape index (κ3) is 1.64. The highest BCUT2D eigenvalue weighted by atomic mass is 16.4. The number of benzene rings is 2. The van der Waals surface area contributed by atoms with Crippen molar-refractivity contribution in [3.8, 4) is 11.4 Å². The Hall–Kier alpha value is -2.62. The van der Waals surface area contributed by atoms with Crippen molar-refractivity contribution in [1.82, 2.24) is 9.97 Å². The topological polar surface area (TPSA) is 66.0 Å². The van der Waals surface area contributed by atoms with Crippen molar-refractivity contribution in [3.63, 3.8) is 0 Å². The second-order valence-corrected chi connectivity index (χ2v) is 3.96. The Bertz CT molecular complexity index is 717. The molecule has 1 aromatic heterocycles. The summed E-state index contributed by atoms with van der Waals surface area (Å²) in [6.07, 6.45) is 0. The van der Waals surface area contributed by atoms with Crippen LogP contribution in [0.5, 0.6) is 0 Å². The second kappa shape index (κ2) is 4.00. The molecule has 0 atom stereocenters. The molecule has 2 aromatic carbocycles. The predicted octanol–water partition coefficient (Wildman–Crippen LogP) is 2.93. The van der Waals surface area contributed by atoms with Gasteiger partial charge in [0.2, 0.25) is 0 Å². The number of carboxylic acid groups (broad SMARTS) is 1. The van der Waals surface area contributed by atoms with E-state index in [1.807, 2.05) is 36.4 Å². The maximum absolute atomic E-state index is 11.1. The smallest absolute Gasteiger partial charge is 0.337 e. The molecule has 3 aromatic rings. The fourth-order valence-corrected chi connectivity index (χ4v) is 1.94. The van der Waals surface area contributed by atoms with Crippen molar-refractivity contribution in [2.24, 2.45) is 0 Å². The molecule has 0 aliphatic carbocycles. The van der Waals surface area contributed by atoms with Crippen molar-refractivity contribution < 1.29 is 9.90 Å². The van der Waals surface area contributed by atoms with Gasteiger partial charge in [0.1, 0.15) is 11.3 Å². The van der Waals surface area contributed by atoms with E-state index in [0.29, 0.717) is 11.3 Å². The second-order valence-electron chi connectivity index (χ2n) is 3.96. The molecule has 0 aliphatic heterocycles. The molecular weight excluding hydrogens is 228 g/mol. The molecule has 4 nitrogen and oxygen atoms in total. The van der Waals surface area contributed by atoms with E-state index in [1.165, 1.54) is 0 Å². The van der Waals surface area contributed by atoms with Gasteiger partial charge in [0.25, 0.3) is 0 Å². The molecule has 0 saturated heterocycles. The minimum Gasteiger partial charge on any atom is -0.478 e. The third-order valence-electron chi connectivity index (χ3n) is 2.79. The molecule has 0 aliphatic rings. The lowest BCUT2D eigenvalue weighted by Gasteiger charge is -1.94. The molecule has 0 saturated carbocycles. The van der Waals surface area contributed by atoms with E-state index in [0.717, 1.165) is 11.1 Å². The number of aromatic nitrogens is 2. The lowest BCUT2D eigenvalue weighted by molar-refractivity contribution is 0.0699. The van der Waals surface area contributed by atoms with Crippen LogP contribution in [0.4, 0.5) is 0 Å². The quantitative estimate of drug-likeness (QED) is 0.721. The molecule has 88 valence electrons. The normalized spacial score (nSPS) is 10.7. The van der Waals surface area contributed by atoms with Crippen LogP contribution in [0.1, 0.15) is 10.4 Å². The van der Waals surface area contributed by atoms with Gasteiger partial charge in [-0.3, -0.25) is 0 Å². The van der Waals surface area contributed by atoms with Gasteiger partial charge in [0.15, 0.2) is 0 Å². The Balaban J connectivity index is 2.23. The number of para-hydroxylation sites is 1. The highest BCUT2D eigenvalue weighted by Gasteiger charge is 2.12. The van der Waals surface area contributed by atoms with E-state index in [1.54, 1.807) is 12.1 Å². The van der Waals surface area contributed by atoms with Gasteiger partial charge in [-0.15, -0.1) is 0 Å². The van der Waals surface area contributed by atoms with Crippen LogP contribution in [-0.4, -0.2) is 21.0 Å². The summed E-state index contributed by atoms with van der Waals surface area (Å²) in [5, 5.41) is 9.11. The Morgan fingerprint density at radius 2 is 1.83 bits per heavy atom. The lowest BCUT2D eigenvalue weighted by atomic mass is 10.2. The summed E-state index contributed by atoms with van der Waals surface area (Å²) in [5.74, 6) is -0.286. The number of H-pyrrole nitrogens is 1. The maximum Gasteiger partial charge on any atom is 0.337 e. The number of aromatic carboxylic acids is 1. The van der Waals surface area contributed by atoms with E-state index in [9.17, 15) is 4.79 Å². The number of rotatable bonds is 2. The van der Waals surface area contributed by atoms with E-state index in [-0.39, 0.29) is 5.56 Å². The Labute approximate surface area is 103 Å². The molecule has 0 spiro atoms. The van der Waals surface area contributed by atoms with Gasteiger partial charge < -0.3 is 10.1 Å². The first-order valence-corrected chi connectivity index (χ1v) is 5.53. The average molecular weight is 238 g/mol. The maximum atomic E-state index is 11.1. The zero-order valence-corrected chi connectivity index (χ0v) is 9.42. The average Bonchev–Trinajstić information content (AvgIpc) is 2.83. The van der Waals surface area contributed by atoms with Crippen LogP contribution < -0.4 is 0 Å². The van der Waals surface area contributed by atoms with Crippen LogP contribution in [0.25, 0.3) is 22.4 Å². The third-order valence-corrected chi connectivity index (χ3v) is 2.79. The first kappa shape index (κ1) is 10.5. The van der Waals surface area contributed by atoms with Gasteiger partial charge in [0.05, 0.1) is 11.1 Å². The van der Waals surface area contributed by atoms with Gasteiger partial charge in [0, 0.05) is 5.56 Å². The largest absolute Gasteiger partial charge is 0.478 e. The fourth-order valence-electron chi connectivity index (χ4n) is 1.94. The molecule has 1 heterocycles. The van der Waals surface area contributed by atoms with Gasteiger partial charge in [-0.2, -0.15) is 0 Å². The molecule has 2 N–H and O–H groups in total. The van der Waals surface area contributed by atoms with Gasteiger partial charge >= 0.3 is 5.97 Å². The summed E-state index contributed by atoms with van der Waals surface area (Å²) in [6.45, 7) is 0. The van der Waals surface area contributed by atoms with Gasteiger partial charge in [-0.05, 0) is 12.1 Å². The van der Waals surface area contributed by atoms with Crippen molar-refractivity contribution in [2.45, 2.75) is 0 Å². The van der Waals surface area contributed by atoms with E-state index in [4.69, 9.17) is 5.11 Å². The van der Waals surface area contributed by atoms with Crippen molar-refractivity contribution in [1.29, 1.82) is 0 Å². The Kier molecular flexibility index (Phi) is 2.34. The summed E-state index contributed by atoms with van der Waals surface area (Å²) in [6, 6.07) is 14.7. The van der Waals surface area contributed by atoms with Crippen LogP contribution in [-0.2, 0) is 0 Å². The van der Waals surface area contributed by atoms with E-state index < -0.39 is 5.97 Å². The summed E-state index contributed by atoms with van der Waals surface area (Å²) in [7, 11) is 0. The SMILES string of the molecule is O=C(O)c1cccc2[nH]c(-c3ccccc3)nc12. The number of nitrogens with one attached hydrogen (secondary N) is 1. The summed E-state index contributed by atoms with van der Waals surface area (Å²) >= 11 is 0. The van der Waals surface area contributed by atoms with Crippen molar-refractivity contribution in [2.75, 3.05) is 0 Å². The van der Waals surface area contributed by atoms with Crippen LogP contribution in [0.3, 0.4) is 0 Å². The predicted molar refractivity (Wildman–Crippen MR) is 68.5 cm³/mol. The number of carbonyl (C=O) groups is 1. The fraction of sp³-hybridized carbons (Fsp3) is 0. The van der Waals surface area contributed by atoms with Crippen LogP contribution in [0, 0.1) is 0 Å². The molecule has 0 fully saturated rings. The number of imidazole rings is 1. The molecule has 0 unspecified atom stereocenters. The Morgan fingerprint density at radius 3 is 2.56 bits per heavy atom. The minimum atomic E-state index is -0.966. The summed E-state index contributed by atoms with van der Waals surface area (Å²) < 4.78 is 0. The zero-order valence-electron chi connectivity index (χ0n) is 9.42. The highest BCUT2D eigenvalue weighted by Crippen LogP contribution is 2.22. The van der Waals surface area contributed by atoms with Crippen molar-refractivity contribution in [3.05, 3.63) is 54.1 Å². The van der Waals surface area contributed by atoms with E-state index in [2.05, 4.69) is 9.97 Å². The van der Waals surface area contributed by atoms with Crippen LogP contribution >= 0.6 is 0 Å². The molecule has 3 rings (SSSR count). The van der Waals surface area contributed by atoms with Crippen molar-refractivity contribution >= 4 is 17.0 Å². The summed E-state index contributed by atoms with van der Waals surface area (Å²) in [5.41, 5.74) is 2.37. The molecular formula is C14H10N2O2. The molecule has 0 amide bonds. The van der Waals surface area contributed by atoms with Crippen LogP contribution in [0.2, 0.25) is 0 Å². The minimum absolute atomic E-state index is 0.214. The molecule has 18 heavy (non-hydrogen) atoms. The zero-order chi connectivity index (χ0) is 12.5. The molecule has 0 radical (unpaired) electrons. The molecule has 4 heteroatoms. The number of hydrogen-bond donors (Lipinski definition) is 2. The highest BCUT2D eigenvalue weighted by molar-refractivity contribution is 6.01. The number of carboxylic acids is 1. The van der Waals surface area contributed by atoms with Crippen LogP contribution in [0.15, 0.2) is 48.5 Å². The standard InChI is InChI=1S/C14H10N2O2/c17-14(18)10-7-4-8-11-12(10)16-13(15-11)9-5-2-1-3-6-9/h1-8H,(H,15,16)(H,17,18). The number of hydrogen-bond acceptors (Lipinski definition) is 2. The first-order chi connectivity index (χ1) is 8.75. The first-order valence-electron chi connectivity index (χ1n) is 5.53. The van der Waals surface area contributed by atoms with E-state index >= 15 is 0 Å². The Morgan fingerprint density at radius 1 is 1.06 bits per heavy atom. The summed E-state index contributed by atoms with van der Waals surface area (Å²) in [4.78, 5) is 18.6. The number of nitrogens with zero attached hydrogens (tertiary/aromatic N) is 1. The molecule has 0 bridgehead atoms. The van der Waals surface area contributed by atoms with Gasteiger partial charge in [-0.25, -0.2) is 9.78 Å². The number of aromatic amines is 1. The lowest BCUT2D eigenvalue weighted by Crippen LogP contribution is -1.96. The monoisotopic (exact) mass is 238 g/mol.